The lowest BCUT2D eigenvalue weighted by atomic mass is 10.4. The van der Waals surface area contributed by atoms with Gasteiger partial charge in [-0.25, -0.2) is 4.98 Å². The number of nitrogens with zero attached hydrogens (tertiary/aromatic N) is 1. The number of hydrogen-bond donors (Lipinski definition) is 0. The fourth-order valence-electron chi connectivity index (χ4n) is 0.341. The van der Waals surface area contributed by atoms with E-state index in [4.69, 9.17) is 6.85 Å². The molecule has 0 spiro atoms. The van der Waals surface area contributed by atoms with Gasteiger partial charge in [0.2, 0.25) is 0 Å². The average Bonchev–Trinajstić information content (AvgIpc) is 2.06. The summed E-state index contributed by atoms with van der Waals surface area (Å²) in [4.78, 5) is 3.70. The minimum Gasteiger partial charge on any atom is -0.245 e. The van der Waals surface area contributed by atoms with Gasteiger partial charge in [-0.15, -0.1) is 0 Å². The monoisotopic (exact) mass is 254 g/mol. The van der Waals surface area contributed by atoms with Crippen LogP contribution in [-0.2, 0) is 0 Å². The average molecular weight is 256 g/mol. The molecule has 1 aromatic rings. The Hall–Kier alpha value is 0.110. The van der Waals surface area contributed by atoms with Gasteiger partial charge in [-0.3, -0.25) is 0 Å². The summed E-state index contributed by atoms with van der Waals surface area (Å²) < 4.78 is 36.4. The topological polar surface area (TPSA) is 12.9 Å². The van der Waals surface area contributed by atoms with Gasteiger partial charge in [0.05, 0.1) is 8.44 Å². The van der Waals surface area contributed by atoms with E-state index < -0.39 is 6.85 Å². The van der Waals surface area contributed by atoms with Gasteiger partial charge in [0, 0.05) is 8.58 Å². The van der Waals surface area contributed by atoms with E-state index in [1.807, 2.05) is 0 Å². The van der Waals surface area contributed by atoms with Crippen molar-refractivity contribution in [2.75, 3.05) is 0 Å². The highest BCUT2D eigenvalue weighted by Crippen LogP contribution is 2.15. The minimum absolute atomic E-state index is 0.0469. The maximum Gasteiger partial charge on any atom is 0.106 e. The smallest absolute Gasteiger partial charge is 0.106 e. The third kappa shape index (κ3) is 1.76. The molecule has 0 aliphatic carbocycles. The molecule has 0 aromatic carbocycles. The minimum atomic E-state index is -2.38. The van der Waals surface area contributed by atoms with E-state index in [1.54, 1.807) is 0 Å². The van der Waals surface area contributed by atoms with Crippen molar-refractivity contribution < 1.29 is 6.85 Å². The van der Waals surface area contributed by atoms with Crippen molar-refractivity contribution in [2.45, 2.75) is 6.85 Å². The van der Waals surface area contributed by atoms with Gasteiger partial charge in [-0.1, -0.05) is 0 Å². The molecular weight excluding hydrogens is 246 g/mol. The predicted molar refractivity (Wildman–Crippen MR) is 44.4 cm³/mol. The molecule has 0 saturated carbocycles. The summed E-state index contributed by atoms with van der Waals surface area (Å²) in [6.07, 6.45) is 0. The molecule has 0 atom stereocenters. The zero-order chi connectivity index (χ0) is 11.1. The number of aromatic nitrogens is 1. The molecule has 0 aliphatic rings. The summed E-state index contributed by atoms with van der Waals surface area (Å²) in [5, 5.41) is 0. The third-order valence-electron chi connectivity index (χ3n) is 0.693. The Morgan fingerprint density at radius 2 is 2.44 bits per heavy atom. The first-order valence-corrected chi connectivity index (χ1v) is 3.66. The maximum absolute atomic E-state index is 7.45. The summed E-state index contributed by atoms with van der Waals surface area (Å²) in [7, 11) is 0. The normalized spacial score (nSPS) is 19.1. The van der Waals surface area contributed by atoms with Gasteiger partial charge in [-0.2, -0.15) is 0 Å². The van der Waals surface area contributed by atoms with E-state index in [1.165, 1.54) is 0 Å². The van der Waals surface area contributed by atoms with Crippen LogP contribution in [0.5, 0.6) is 0 Å². The molecule has 1 heterocycles. The summed E-state index contributed by atoms with van der Waals surface area (Å²) in [5.74, 6) is 0. The van der Waals surface area contributed by atoms with Gasteiger partial charge in [-0.05, 0) is 50.8 Å². The molecule has 0 bridgehead atoms. The molecular formula is C6H5Br2N. The lowest BCUT2D eigenvalue weighted by Crippen LogP contribution is -1.81. The fraction of sp³-hybridized carbons (Fsp3) is 0.167. The summed E-state index contributed by atoms with van der Waals surface area (Å²) in [6, 6.07) is -0.317. The van der Waals surface area contributed by atoms with Crippen molar-refractivity contribution in [3.05, 3.63) is 26.9 Å². The molecule has 0 fully saturated rings. The van der Waals surface area contributed by atoms with Crippen LogP contribution in [0.4, 0.5) is 0 Å². The van der Waals surface area contributed by atoms with Crippen molar-refractivity contribution in [2.24, 2.45) is 0 Å². The van der Waals surface area contributed by atoms with Crippen LogP contribution in [0.3, 0.4) is 0 Å². The third-order valence-corrected chi connectivity index (χ3v) is 1.64. The van der Waals surface area contributed by atoms with Crippen LogP contribution in [0.1, 0.15) is 12.5 Å². The number of pyridine rings is 1. The highest BCUT2D eigenvalue weighted by atomic mass is 79.9. The molecule has 1 nitrogen and oxygen atoms in total. The van der Waals surface area contributed by atoms with E-state index in [2.05, 4.69) is 36.8 Å². The van der Waals surface area contributed by atoms with Gasteiger partial charge in [0.1, 0.15) is 4.60 Å². The first kappa shape index (κ1) is 3.01. The lowest BCUT2D eigenvalue weighted by molar-refractivity contribution is 1.15. The Balaban J connectivity index is 3.49. The fourth-order valence-corrected chi connectivity index (χ4v) is 0.805. The quantitative estimate of drug-likeness (QED) is 0.650. The molecule has 9 heavy (non-hydrogen) atoms. The second-order valence-corrected chi connectivity index (χ2v) is 2.86. The molecule has 0 N–H and O–H groups in total. The van der Waals surface area contributed by atoms with Crippen LogP contribution in [0.2, 0.25) is 0 Å². The molecule has 0 saturated heterocycles. The zero-order valence-corrected chi connectivity index (χ0v) is 7.38. The standard InChI is InChI=1S/C6H5Br2N/c1-4-5(7)2-3-6(8)9-4/h2-3H,1H3/i1D3,2D,3D. The molecule has 0 amide bonds. The Labute approximate surface area is 77.8 Å². The summed E-state index contributed by atoms with van der Waals surface area (Å²) >= 11 is 5.88. The summed E-state index contributed by atoms with van der Waals surface area (Å²) in [6.45, 7) is -2.38. The molecule has 48 valence electrons. The Morgan fingerprint density at radius 3 is 3.11 bits per heavy atom. The largest absolute Gasteiger partial charge is 0.245 e. The molecule has 0 aliphatic heterocycles. The zero-order valence-electron chi connectivity index (χ0n) is 9.20. The van der Waals surface area contributed by atoms with E-state index in [0.29, 0.717) is 0 Å². The van der Waals surface area contributed by atoms with Crippen molar-refractivity contribution in [3.8, 4) is 0 Å². The number of halogens is 2. The highest BCUT2D eigenvalue weighted by Gasteiger charge is 1.93. The molecule has 1 rings (SSSR count). The van der Waals surface area contributed by atoms with Gasteiger partial charge in [0.15, 0.2) is 0 Å². The van der Waals surface area contributed by atoms with Crippen LogP contribution < -0.4 is 0 Å². The Bertz CT molecular complexity index is 375. The first-order valence-electron chi connectivity index (χ1n) is 4.58. The Kier molecular flexibility index (Phi) is 0.935. The first-order chi connectivity index (χ1) is 6.25. The van der Waals surface area contributed by atoms with Crippen LogP contribution in [-0.4, -0.2) is 4.98 Å². The lowest BCUT2D eigenvalue weighted by Gasteiger charge is -1.94. The van der Waals surface area contributed by atoms with Crippen LogP contribution in [0, 0.1) is 6.85 Å². The van der Waals surface area contributed by atoms with Gasteiger partial charge >= 0.3 is 0 Å². The number of aryl methyl sites for hydroxylation is 1. The number of hydrogen-bond acceptors (Lipinski definition) is 1. The van der Waals surface area contributed by atoms with E-state index in [9.17, 15) is 0 Å². The highest BCUT2D eigenvalue weighted by molar-refractivity contribution is 9.11. The predicted octanol–water partition coefficient (Wildman–Crippen LogP) is 2.92. The molecule has 3 heteroatoms. The van der Waals surface area contributed by atoms with Crippen molar-refractivity contribution >= 4 is 31.9 Å². The van der Waals surface area contributed by atoms with E-state index in [0.717, 1.165) is 0 Å². The van der Waals surface area contributed by atoms with Crippen LogP contribution >= 0.6 is 31.9 Å². The van der Waals surface area contributed by atoms with Crippen molar-refractivity contribution in [1.82, 2.24) is 4.98 Å². The van der Waals surface area contributed by atoms with E-state index >= 15 is 0 Å². The van der Waals surface area contributed by atoms with Crippen LogP contribution in [0.15, 0.2) is 21.2 Å². The van der Waals surface area contributed by atoms with Gasteiger partial charge < -0.3 is 0 Å². The molecule has 0 unspecified atom stereocenters. The van der Waals surface area contributed by atoms with Crippen LogP contribution in [0.25, 0.3) is 0 Å². The molecule has 0 radical (unpaired) electrons. The second kappa shape index (κ2) is 2.80. The second-order valence-electron chi connectivity index (χ2n) is 1.32. The summed E-state index contributed by atoms with van der Waals surface area (Å²) in [5.41, 5.74) is -0.203. The SMILES string of the molecule is [2H]c1c(Br)nc(C([2H])([2H])[2H])c(Br)c1[2H]. The van der Waals surface area contributed by atoms with E-state index in [-0.39, 0.29) is 26.9 Å². The van der Waals surface area contributed by atoms with Crippen molar-refractivity contribution in [1.29, 1.82) is 0 Å². The maximum atomic E-state index is 7.45. The Morgan fingerprint density at radius 1 is 1.67 bits per heavy atom. The van der Waals surface area contributed by atoms with Crippen molar-refractivity contribution in [3.63, 3.8) is 0 Å². The number of rotatable bonds is 0. The van der Waals surface area contributed by atoms with Gasteiger partial charge in [0.25, 0.3) is 0 Å². The molecule has 1 aromatic heterocycles.